The lowest BCUT2D eigenvalue weighted by molar-refractivity contribution is -0.115. The van der Waals surface area contributed by atoms with Gasteiger partial charge in [-0.05, 0) is 46.7 Å². The molecule has 0 unspecified atom stereocenters. The van der Waals surface area contributed by atoms with E-state index in [2.05, 4.69) is 38.8 Å². The Bertz CT molecular complexity index is 440. The fourth-order valence-electron chi connectivity index (χ4n) is 1.36. The summed E-state index contributed by atoms with van der Waals surface area (Å²) >= 11 is 8.44. The Morgan fingerprint density at radius 1 is 1.32 bits per heavy atom. The van der Waals surface area contributed by atoms with Gasteiger partial charge in [0.15, 0.2) is 5.11 Å². The second-order valence-electron chi connectivity index (χ2n) is 3.99. The van der Waals surface area contributed by atoms with E-state index < -0.39 is 0 Å². The number of amides is 1. The molecule has 0 aliphatic carbocycles. The van der Waals surface area contributed by atoms with Crippen LogP contribution in [0.5, 0.6) is 0 Å². The number of halogens is 1. The number of hydrogen-bond acceptors (Lipinski definition) is 2. The summed E-state index contributed by atoms with van der Waals surface area (Å²) in [6.07, 6.45) is 2.17. The molecule has 1 aromatic rings. The molecule has 0 bridgehead atoms. The zero-order valence-electron chi connectivity index (χ0n) is 10.8. The molecule has 3 N–H and O–H groups in total. The van der Waals surface area contributed by atoms with Crippen molar-refractivity contribution in [3.63, 3.8) is 0 Å². The maximum absolute atomic E-state index is 11.7. The van der Waals surface area contributed by atoms with Crippen molar-refractivity contribution < 1.29 is 4.79 Å². The maximum Gasteiger partial charge on any atom is 0.243 e. The van der Waals surface area contributed by atoms with Crippen molar-refractivity contribution in [1.29, 1.82) is 0 Å². The highest BCUT2D eigenvalue weighted by Gasteiger charge is 2.05. The Kier molecular flexibility index (Phi) is 7.43. The second kappa shape index (κ2) is 8.87. The molecule has 0 spiro atoms. The highest BCUT2D eigenvalue weighted by atomic mass is 79.9. The van der Waals surface area contributed by atoms with Gasteiger partial charge >= 0.3 is 0 Å². The molecule has 19 heavy (non-hydrogen) atoms. The van der Waals surface area contributed by atoms with E-state index >= 15 is 0 Å². The third kappa shape index (κ3) is 6.54. The largest absolute Gasteiger partial charge is 0.363 e. The van der Waals surface area contributed by atoms with Crippen molar-refractivity contribution in [2.45, 2.75) is 19.8 Å². The Morgan fingerprint density at radius 2 is 2.05 bits per heavy atom. The number of nitrogens with one attached hydrogen (secondary N) is 3. The second-order valence-corrected chi connectivity index (χ2v) is 5.25. The van der Waals surface area contributed by atoms with Gasteiger partial charge in [-0.15, -0.1) is 0 Å². The highest BCUT2D eigenvalue weighted by Crippen LogP contribution is 2.20. The quantitative estimate of drug-likeness (QED) is 0.549. The van der Waals surface area contributed by atoms with Gasteiger partial charge < -0.3 is 16.0 Å². The van der Waals surface area contributed by atoms with E-state index in [-0.39, 0.29) is 12.5 Å². The standard InChI is InChI=1S/C13H18BrN3OS/c1-2-3-8-15-13(19)16-9-12(18)17-11-7-5-4-6-10(11)14/h4-7H,2-3,8-9H2,1H3,(H,17,18)(H2,15,16,19). The molecule has 0 aliphatic heterocycles. The third-order valence-electron chi connectivity index (χ3n) is 2.37. The predicted molar refractivity (Wildman–Crippen MR) is 86.3 cm³/mol. The van der Waals surface area contributed by atoms with Crippen LogP contribution in [-0.4, -0.2) is 24.1 Å². The average Bonchev–Trinajstić information content (AvgIpc) is 2.39. The third-order valence-corrected chi connectivity index (χ3v) is 3.35. The van der Waals surface area contributed by atoms with Gasteiger partial charge in [0, 0.05) is 11.0 Å². The first-order valence-corrected chi connectivity index (χ1v) is 7.39. The minimum Gasteiger partial charge on any atom is -0.363 e. The number of unbranched alkanes of at least 4 members (excludes halogenated alkanes) is 1. The lowest BCUT2D eigenvalue weighted by Crippen LogP contribution is -2.40. The zero-order chi connectivity index (χ0) is 14.1. The van der Waals surface area contributed by atoms with Crippen molar-refractivity contribution in [1.82, 2.24) is 10.6 Å². The van der Waals surface area contributed by atoms with Gasteiger partial charge in [-0.1, -0.05) is 25.5 Å². The highest BCUT2D eigenvalue weighted by molar-refractivity contribution is 9.10. The van der Waals surface area contributed by atoms with Gasteiger partial charge in [-0.25, -0.2) is 0 Å². The van der Waals surface area contributed by atoms with Crippen LogP contribution in [0.3, 0.4) is 0 Å². The molecule has 0 saturated heterocycles. The molecule has 0 atom stereocenters. The normalized spacial score (nSPS) is 9.79. The van der Waals surface area contributed by atoms with Crippen molar-refractivity contribution in [3.05, 3.63) is 28.7 Å². The molecule has 104 valence electrons. The summed E-state index contributed by atoms with van der Waals surface area (Å²) in [6.45, 7) is 3.09. The minimum atomic E-state index is -0.133. The lowest BCUT2D eigenvalue weighted by Gasteiger charge is -2.11. The fourth-order valence-corrected chi connectivity index (χ4v) is 1.92. The van der Waals surface area contributed by atoms with Gasteiger partial charge in [-0.2, -0.15) is 0 Å². The molecule has 0 saturated carbocycles. The van der Waals surface area contributed by atoms with Gasteiger partial charge in [0.2, 0.25) is 5.91 Å². The number of thiocarbonyl (C=S) groups is 1. The smallest absolute Gasteiger partial charge is 0.243 e. The average molecular weight is 344 g/mol. The Hall–Kier alpha value is -1.14. The molecule has 0 fully saturated rings. The number of hydrogen-bond donors (Lipinski definition) is 3. The van der Waals surface area contributed by atoms with Gasteiger partial charge in [0.25, 0.3) is 0 Å². The van der Waals surface area contributed by atoms with Crippen LogP contribution in [0.25, 0.3) is 0 Å². The number of carbonyl (C=O) groups is 1. The summed E-state index contributed by atoms with van der Waals surface area (Å²) in [6, 6.07) is 7.47. The van der Waals surface area contributed by atoms with Gasteiger partial charge in [0.05, 0.1) is 12.2 Å². The van der Waals surface area contributed by atoms with E-state index in [4.69, 9.17) is 12.2 Å². The first kappa shape index (κ1) is 15.9. The molecule has 6 heteroatoms. The van der Waals surface area contributed by atoms with E-state index in [0.717, 1.165) is 29.5 Å². The Morgan fingerprint density at radius 3 is 2.74 bits per heavy atom. The maximum atomic E-state index is 11.7. The minimum absolute atomic E-state index is 0.133. The van der Waals surface area contributed by atoms with E-state index in [0.29, 0.717) is 5.11 Å². The van der Waals surface area contributed by atoms with E-state index in [9.17, 15) is 4.79 Å². The molecule has 1 aromatic carbocycles. The summed E-state index contributed by atoms with van der Waals surface area (Å²) in [5.41, 5.74) is 0.749. The molecule has 1 amide bonds. The summed E-state index contributed by atoms with van der Waals surface area (Å²) in [5.74, 6) is -0.133. The van der Waals surface area contributed by atoms with Crippen molar-refractivity contribution >= 4 is 44.9 Å². The molecule has 1 rings (SSSR count). The summed E-state index contributed by atoms with van der Waals surface area (Å²) in [4.78, 5) is 11.7. The molecular formula is C13H18BrN3OS. The lowest BCUT2D eigenvalue weighted by atomic mass is 10.3. The SMILES string of the molecule is CCCCNC(=S)NCC(=O)Nc1ccccc1Br. The fraction of sp³-hybridized carbons (Fsp3) is 0.385. The predicted octanol–water partition coefficient (Wildman–Crippen LogP) is 2.65. The molecule has 0 aromatic heterocycles. The van der Waals surface area contributed by atoms with Crippen LogP contribution in [0.15, 0.2) is 28.7 Å². The van der Waals surface area contributed by atoms with Crippen LogP contribution in [0.4, 0.5) is 5.69 Å². The summed E-state index contributed by atoms with van der Waals surface area (Å²) in [7, 11) is 0. The van der Waals surface area contributed by atoms with E-state index in [1.165, 1.54) is 0 Å². The topological polar surface area (TPSA) is 53.2 Å². The van der Waals surface area contributed by atoms with Crippen LogP contribution in [0.1, 0.15) is 19.8 Å². The van der Waals surface area contributed by atoms with Crippen LogP contribution in [0.2, 0.25) is 0 Å². The first-order valence-electron chi connectivity index (χ1n) is 6.19. The number of rotatable bonds is 6. The number of benzene rings is 1. The summed E-state index contributed by atoms with van der Waals surface area (Å²) < 4.78 is 0.854. The van der Waals surface area contributed by atoms with Crippen molar-refractivity contribution in [2.24, 2.45) is 0 Å². The molecule has 4 nitrogen and oxygen atoms in total. The zero-order valence-corrected chi connectivity index (χ0v) is 13.2. The van der Waals surface area contributed by atoms with Gasteiger partial charge in [-0.3, -0.25) is 4.79 Å². The Labute approximate surface area is 127 Å². The van der Waals surface area contributed by atoms with Gasteiger partial charge in [0.1, 0.15) is 0 Å². The number of carbonyl (C=O) groups excluding carboxylic acids is 1. The van der Waals surface area contributed by atoms with Crippen LogP contribution in [0, 0.1) is 0 Å². The monoisotopic (exact) mass is 343 g/mol. The molecule has 0 aliphatic rings. The van der Waals surface area contributed by atoms with Crippen molar-refractivity contribution in [2.75, 3.05) is 18.4 Å². The number of para-hydroxylation sites is 1. The van der Waals surface area contributed by atoms with E-state index in [1.54, 1.807) is 0 Å². The van der Waals surface area contributed by atoms with Crippen LogP contribution < -0.4 is 16.0 Å². The molecule has 0 heterocycles. The Balaban J connectivity index is 2.28. The van der Waals surface area contributed by atoms with E-state index in [1.807, 2.05) is 24.3 Å². The van der Waals surface area contributed by atoms with Crippen molar-refractivity contribution in [3.8, 4) is 0 Å². The van der Waals surface area contributed by atoms with Crippen LogP contribution in [-0.2, 0) is 4.79 Å². The molecular weight excluding hydrogens is 326 g/mol. The van der Waals surface area contributed by atoms with Crippen LogP contribution >= 0.6 is 28.1 Å². The first-order chi connectivity index (χ1) is 9.13. The summed E-state index contributed by atoms with van der Waals surface area (Å²) in [5, 5.41) is 9.23. The number of anilines is 1. The molecule has 0 radical (unpaired) electrons.